The monoisotopic (exact) mass is 504 g/mol. The van der Waals surface area contributed by atoms with Crippen molar-refractivity contribution >= 4 is 37.0 Å². The topological polar surface area (TPSA) is 31.5 Å². The van der Waals surface area contributed by atoms with Gasteiger partial charge in [-0.25, -0.2) is 0 Å². The van der Waals surface area contributed by atoms with Crippen LogP contribution < -0.4 is 0 Å². The quantitative estimate of drug-likeness (QED) is 0.390. The molecule has 0 amide bonds. The first-order chi connectivity index (χ1) is 12.9. The number of halogens is 3. The summed E-state index contributed by atoms with van der Waals surface area (Å²) in [4.78, 5) is 0. The van der Waals surface area contributed by atoms with Crippen LogP contribution in [0.15, 0.2) is 49.1 Å². The van der Waals surface area contributed by atoms with Crippen LogP contribution in [0.2, 0.25) is 0 Å². The fraction of sp³-hybridized carbons (Fsp3) is 0.429. The van der Waals surface area contributed by atoms with E-state index in [-0.39, 0.29) is 53.0 Å². The van der Waals surface area contributed by atoms with E-state index in [1.54, 1.807) is 0 Å². The minimum absolute atomic E-state index is 0. The molecule has 0 heterocycles. The molecule has 0 bridgehead atoms. The van der Waals surface area contributed by atoms with Crippen LogP contribution in [0.25, 0.3) is 11.1 Å². The van der Waals surface area contributed by atoms with Gasteiger partial charge in [0.1, 0.15) is 0 Å². The Morgan fingerprint density at radius 2 is 1.42 bits per heavy atom. The average molecular weight is 505 g/mol. The molecule has 0 saturated heterocycles. The van der Waals surface area contributed by atoms with Gasteiger partial charge in [0.2, 0.25) is 0 Å². The molecule has 0 spiro atoms. The Morgan fingerprint density at radius 3 is 1.79 bits per heavy atom. The number of hydrogen-bond acceptors (Lipinski definition) is 0. The van der Waals surface area contributed by atoms with E-state index in [9.17, 15) is 0 Å². The lowest BCUT2D eigenvalue weighted by Gasteiger charge is -2.44. The van der Waals surface area contributed by atoms with Gasteiger partial charge in [0.05, 0.1) is 0 Å². The van der Waals surface area contributed by atoms with Gasteiger partial charge in [-0.05, 0) is 74.3 Å². The van der Waals surface area contributed by atoms with Gasteiger partial charge in [-0.3, -0.25) is 9.41 Å². The van der Waals surface area contributed by atoms with Crippen LogP contribution in [0.5, 0.6) is 0 Å². The van der Waals surface area contributed by atoms with Crippen molar-refractivity contribution < 1.29 is 16.3 Å². The summed E-state index contributed by atoms with van der Waals surface area (Å²) in [6, 6.07) is 13.8. The number of rotatable bonds is 5. The zero-order valence-corrected chi connectivity index (χ0v) is 23.5. The van der Waals surface area contributed by atoms with Crippen molar-refractivity contribution in [2.75, 3.05) is 0 Å². The summed E-state index contributed by atoms with van der Waals surface area (Å²) in [5.41, 5.74) is 10.7. The van der Waals surface area contributed by atoms with Crippen LogP contribution in [-0.2, 0) is 5.41 Å². The van der Waals surface area contributed by atoms with Gasteiger partial charge < -0.3 is 5.48 Å². The third kappa shape index (κ3) is 8.59. The molecule has 0 unspecified atom stereocenters. The van der Waals surface area contributed by atoms with Gasteiger partial charge in [0.15, 0.2) is 0 Å². The molecular formula is C28H47ClF2OS. The zero-order valence-electron chi connectivity index (χ0n) is 21.7. The van der Waals surface area contributed by atoms with Crippen LogP contribution in [0.4, 0.5) is 9.41 Å². The Morgan fingerprint density at radius 1 is 0.939 bits per heavy atom. The van der Waals surface area contributed by atoms with Gasteiger partial charge in [0.25, 0.3) is 0 Å². The Bertz CT molecular complexity index is 918. The summed E-state index contributed by atoms with van der Waals surface area (Å²) in [5.74, 6) is 0. The molecule has 2 N–H and O–H groups in total. The van der Waals surface area contributed by atoms with Gasteiger partial charge in [0, 0.05) is 6.84 Å². The first-order valence-electron chi connectivity index (χ1n) is 10.4. The summed E-state index contributed by atoms with van der Waals surface area (Å²) >= 11 is 0. The highest BCUT2D eigenvalue weighted by molar-refractivity contribution is 7.59. The van der Waals surface area contributed by atoms with Crippen LogP contribution >= 0.6 is 25.9 Å². The van der Waals surface area contributed by atoms with Crippen LogP contribution in [0.1, 0.15) is 82.8 Å². The van der Waals surface area contributed by atoms with E-state index in [1.807, 2.05) is 0 Å². The third-order valence-electron chi connectivity index (χ3n) is 6.46. The normalized spacial score (nSPS) is 12.5. The summed E-state index contributed by atoms with van der Waals surface area (Å²) in [6.07, 6.45) is 3.31. The highest BCUT2D eigenvalue weighted by Crippen LogP contribution is 2.48. The van der Waals surface area contributed by atoms with Gasteiger partial charge in [-0.15, -0.1) is 12.4 Å². The van der Waals surface area contributed by atoms with Crippen LogP contribution in [0.3, 0.4) is 0 Å². The summed E-state index contributed by atoms with van der Waals surface area (Å²) < 4.78 is 0. The maximum Gasteiger partial charge on any atom is 0.00138 e. The van der Waals surface area contributed by atoms with Crippen molar-refractivity contribution in [3.8, 4) is 0 Å². The Hall–Kier alpha value is -1.62. The molecule has 0 fully saturated rings. The molecule has 2 rings (SSSR count). The fourth-order valence-corrected chi connectivity index (χ4v) is 4.19. The van der Waals surface area contributed by atoms with Gasteiger partial charge in [-0.2, -0.15) is 13.5 Å². The molecule has 0 radical (unpaired) electrons. The molecule has 0 aromatic heterocycles. The minimum atomic E-state index is 0. The zero-order chi connectivity index (χ0) is 21.3. The molecule has 0 aliphatic rings. The molecule has 0 saturated carbocycles. The van der Waals surface area contributed by atoms with E-state index in [1.165, 1.54) is 39.0 Å². The third-order valence-corrected chi connectivity index (χ3v) is 6.46. The molecule has 2 aromatic rings. The summed E-state index contributed by atoms with van der Waals surface area (Å²) in [7, 11) is 0. The second-order valence-electron chi connectivity index (χ2n) is 9.76. The molecule has 33 heavy (non-hydrogen) atoms. The summed E-state index contributed by atoms with van der Waals surface area (Å²) in [5, 5.41) is 0. The lowest BCUT2D eigenvalue weighted by atomic mass is 9.60. The predicted molar refractivity (Wildman–Crippen MR) is 155 cm³/mol. The Kier molecular flexibility index (Phi) is 17.1. The Labute approximate surface area is 215 Å². The SMILES string of the molecule is C=C(C)c1ccc(/C(=C/C)C[C@@](C)(c2cc(C)cc(C)c2)C(C)(C)C)cc1C.Cl.F.F.O.S.[HH]. The van der Waals surface area contributed by atoms with E-state index in [0.717, 1.165) is 12.0 Å². The fourth-order valence-electron chi connectivity index (χ4n) is 4.19. The largest absolute Gasteiger partial charge is 0.412 e. The van der Waals surface area contributed by atoms with Crippen molar-refractivity contribution in [1.82, 2.24) is 0 Å². The second-order valence-corrected chi connectivity index (χ2v) is 9.76. The maximum atomic E-state index is 4.11. The highest BCUT2D eigenvalue weighted by Gasteiger charge is 2.39. The lowest BCUT2D eigenvalue weighted by Crippen LogP contribution is -2.37. The van der Waals surface area contributed by atoms with E-state index >= 15 is 0 Å². The first kappa shape index (κ1) is 38.6. The average Bonchev–Trinajstić information content (AvgIpc) is 2.57. The van der Waals surface area contributed by atoms with Crippen molar-refractivity contribution in [2.45, 2.75) is 74.1 Å². The standard InChI is InChI=1S/C28H38.ClH.2FH.H2O.H2S.H2/c1-11-23(24-12-13-26(19(2)3)22(6)17-24)18-28(10,27(7,8)9)25-15-20(4)14-21(5)16-25;;;;;;/h11-17H,2,18H2,1,3-10H3;3*1H;2*1H2;1H/b23-11+;;;;;;/t28-;;;;;;/m0....../s1. The second kappa shape index (κ2) is 14.6. The minimum Gasteiger partial charge on any atom is -0.412 e. The van der Waals surface area contributed by atoms with Gasteiger partial charge in [-0.1, -0.05) is 93.4 Å². The number of aryl methyl sites for hydroxylation is 3. The predicted octanol–water partition coefficient (Wildman–Crippen LogP) is 8.70. The van der Waals surface area contributed by atoms with Crippen LogP contribution in [0, 0.1) is 26.2 Å². The highest BCUT2D eigenvalue weighted by atomic mass is 35.5. The molecule has 1 atom stereocenters. The van der Waals surface area contributed by atoms with E-state index in [2.05, 4.69) is 111 Å². The molecule has 192 valence electrons. The Balaban J connectivity index is -0.000000467. The van der Waals surface area contributed by atoms with Gasteiger partial charge >= 0.3 is 0 Å². The van der Waals surface area contributed by atoms with E-state index in [4.69, 9.17) is 0 Å². The molecule has 1 nitrogen and oxygen atoms in total. The van der Waals surface area contributed by atoms with E-state index < -0.39 is 0 Å². The number of allylic oxidation sites excluding steroid dienone is 3. The van der Waals surface area contributed by atoms with Crippen molar-refractivity contribution in [1.29, 1.82) is 0 Å². The molecule has 5 heteroatoms. The van der Waals surface area contributed by atoms with Crippen LogP contribution in [-0.4, -0.2) is 5.48 Å². The van der Waals surface area contributed by atoms with Crippen molar-refractivity contribution in [3.63, 3.8) is 0 Å². The first-order valence-corrected chi connectivity index (χ1v) is 10.4. The smallest absolute Gasteiger partial charge is 0.00138 e. The number of benzene rings is 2. The number of hydrogen-bond donors (Lipinski definition) is 0. The van der Waals surface area contributed by atoms with Crippen molar-refractivity contribution in [2.24, 2.45) is 5.41 Å². The molecule has 2 aromatic carbocycles. The van der Waals surface area contributed by atoms with Crippen molar-refractivity contribution in [3.05, 3.63) is 82.4 Å². The molecular weight excluding hydrogens is 458 g/mol. The maximum absolute atomic E-state index is 4.11. The van der Waals surface area contributed by atoms with E-state index in [0.29, 0.717) is 0 Å². The molecule has 0 aliphatic carbocycles. The summed E-state index contributed by atoms with van der Waals surface area (Å²) in [6.45, 7) is 24.5. The lowest BCUT2D eigenvalue weighted by molar-refractivity contribution is 0.208. The molecule has 0 aliphatic heterocycles.